The van der Waals surface area contributed by atoms with Crippen molar-refractivity contribution in [2.45, 2.75) is 27.7 Å². The lowest BCUT2D eigenvalue weighted by Gasteiger charge is -2.19. The van der Waals surface area contributed by atoms with Crippen molar-refractivity contribution in [3.8, 4) is 62.0 Å². The van der Waals surface area contributed by atoms with Crippen LogP contribution in [-0.4, -0.2) is 63.5 Å². The molecule has 68 heavy (non-hydrogen) atoms. The van der Waals surface area contributed by atoms with E-state index in [0.717, 1.165) is 63.0 Å². The monoisotopic (exact) mass is 930 g/mol. The topological polar surface area (TPSA) is 150 Å². The molecule has 4 N–H and O–H groups in total. The first-order chi connectivity index (χ1) is 33.3. The fraction of sp³-hybridized carbons (Fsp3) is 0.0909. The second-order valence-corrected chi connectivity index (χ2v) is 19.0. The van der Waals surface area contributed by atoms with E-state index in [0.29, 0.717) is 5.56 Å². The number of H-pyrrole nitrogens is 4. The quantitative estimate of drug-likeness (QED) is 0.0836. The lowest BCUT2D eigenvalue weighted by molar-refractivity contribution is 0.112. The first-order valence-corrected chi connectivity index (χ1v) is 24.7. The molecule has 0 fully saturated rings. The molecule has 6 aromatic heterocycles. The highest BCUT2D eigenvalue weighted by atomic mass is 32.1. The Balaban J connectivity index is 0.000000129. The predicted molar refractivity (Wildman–Crippen MR) is 279 cm³/mol. The predicted octanol–water partition coefficient (Wildman–Crippen LogP) is 12.3. The Bertz CT molecular complexity index is 3210. The highest BCUT2D eigenvalue weighted by Crippen LogP contribution is 2.37. The second-order valence-electron chi connectivity index (χ2n) is 15.8. The number of nitrogens with zero attached hydrogens (tertiary/aromatic N) is 6. The van der Waals surface area contributed by atoms with Crippen LogP contribution in [0.15, 0.2) is 188 Å². The maximum absolute atomic E-state index is 10.7. The minimum absolute atomic E-state index is 0.549. The Hall–Kier alpha value is -8.05. The molecule has 0 aliphatic rings. The smallest absolute Gasteiger partial charge is 0.150 e. The molecule has 338 valence electrons. The third-order valence-corrected chi connectivity index (χ3v) is 14.1. The van der Waals surface area contributed by atoms with Crippen LogP contribution in [0.1, 0.15) is 32.2 Å². The molecule has 0 bridgehead atoms. The van der Waals surface area contributed by atoms with E-state index < -0.39 is 7.92 Å². The summed E-state index contributed by atoms with van der Waals surface area (Å²) in [7, 11) is -0.549. The number of hydrogen-bond acceptors (Lipinski definition) is 7. The molecule has 0 aliphatic heterocycles. The van der Waals surface area contributed by atoms with Crippen molar-refractivity contribution in [3.05, 3.63) is 215 Å². The first kappa shape index (κ1) is 46.5. The minimum atomic E-state index is -0.549. The number of hydrogen-bond donors (Lipinski definition) is 4. The van der Waals surface area contributed by atoms with Crippen LogP contribution in [0, 0.1) is 27.7 Å². The van der Waals surface area contributed by atoms with Gasteiger partial charge in [0.05, 0.1) is 34.2 Å². The van der Waals surface area contributed by atoms with Gasteiger partial charge in [0.15, 0.2) is 6.29 Å². The molecular weight excluding hydrogens is 880 g/mol. The van der Waals surface area contributed by atoms with Gasteiger partial charge in [-0.2, -0.15) is 25.5 Å². The Kier molecular flexibility index (Phi) is 15.3. The van der Waals surface area contributed by atoms with E-state index in [-0.39, 0.29) is 0 Å². The zero-order valence-electron chi connectivity index (χ0n) is 38.4. The number of rotatable bonds is 9. The van der Waals surface area contributed by atoms with Gasteiger partial charge >= 0.3 is 0 Å². The minimum Gasteiger partial charge on any atom is -0.298 e. The third-order valence-electron chi connectivity index (χ3n) is 11.0. The van der Waals surface area contributed by atoms with E-state index in [4.69, 9.17) is 0 Å². The molecular formula is C55H51N10OPS. The fourth-order valence-corrected chi connectivity index (χ4v) is 10.2. The van der Waals surface area contributed by atoms with Crippen molar-refractivity contribution in [3.63, 3.8) is 0 Å². The van der Waals surface area contributed by atoms with Crippen molar-refractivity contribution in [2.24, 2.45) is 0 Å². The van der Waals surface area contributed by atoms with Crippen LogP contribution in [0.25, 0.3) is 62.0 Å². The maximum atomic E-state index is 10.7. The van der Waals surface area contributed by atoms with Crippen molar-refractivity contribution >= 4 is 36.2 Å². The second kappa shape index (κ2) is 22.4. The molecule has 0 radical (unpaired) electrons. The standard InChI is InChI=1S/C21H21N4P.C14H12N2S.C10H8N2O.C10H10N2/c1-14-12-18(24-22-14)16-8-4-6-10-20(16)26(3)21-11-7-5-9-17(21)19-13-15(2)23-25-19;1-11-14(8-10-17-11)16-9-7-13(15-16)12-5-3-2-4-6-12;13-7-8-3-1-2-4-9(8)10-5-6-11-12-10;1-8-4-2-3-5-9(8)10-6-7-11-12-10/h4-13H,1-3H3,(H,22,24)(H,23,25);2-10H,1H3;1-7H,(H,11,12);2-7H,1H3,(H,11,12). The van der Waals surface area contributed by atoms with Crippen LogP contribution in [0.2, 0.25) is 0 Å². The Labute approximate surface area is 401 Å². The van der Waals surface area contributed by atoms with E-state index in [1.54, 1.807) is 29.8 Å². The first-order valence-electron chi connectivity index (χ1n) is 22.0. The highest BCUT2D eigenvalue weighted by Gasteiger charge is 2.19. The van der Waals surface area contributed by atoms with Gasteiger partial charge in [-0.3, -0.25) is 25.2 Å². The normalized spacial score (nSPS) is 10.6. The summed E-state index contributed by atoms with van der Waals surface area (Å²) >= 11 is 1.74. The number of nitrogens with one attached hydrogen (secondary N) is 4. The van der Waals surface area contributed by atoms with E-state index >= 15 is 0 Å². The summed E-state index contributed by atoms with van der Waals surface area (Å²) in [5.74, 6) is 0. The van der Waals surface area contributed by atoms with Crippen LogP contribution < -0.4 is 10.6 Å². The molecule has 0 atom stereocenters. The molecule has 0 amide bonds. The van der Waals surface area contributed by atoms with E-state index in [2.05, 4.69) is 163 Å². The average molecular weight is 931 g/mol. The van der Waals surface area contributed by atoms with Crippen LogP contribution in [0.4, 0.5) is 0 Å². The van der Waals surface area contributed by atoms with Crippen LogP contribution in [0.5, 0.6) is 0 Å². The summed E-state index contributed by atoms with van der Waals surface area (Å²) in [5.41, 5.74) is 15.8. The Morgan fingerprint density at radius 2 is 1.07 bits per heavy atom. The van der Waals surface area contributed by atoms with Gasteiger partial charge in [0.2, 0.25) is 0 Å². The molecule has 0 aliphatic carbocycles. The van der Waals surface area contributed by atoms with Gasteiger partial charge in [-0.05, 0) is 100 Å². The molecule has 5 aromatic carbocycles. The molecule has 6 heterocycles. The molecule has 0 saturated heterocycles. The van der Waals surface area contributed by atoms with Gasteiger partial charge in [-0.1, -0.05) is 127 Å². The van der Waals surface area contributed by atoms with E-state index in [9.17, 15) is 4.79 Å². The van der Waals surface area contributed by atoms with Gasteiger partial charge in [-0.25, -0.2) is 4.68 Å². The van der Waals surface area contributed by atoms with Gasteiger partial charge < -0.3 is 0 Å². The number of aromatic nitrogens is 10. The molecule has 13 heteroatoms. The Morgan fingerprint density at radius 3 is 1.59 bits per heavy atom. The lowest BCUT2D eigenvalue weighted by atomic mass is 10.1. The van der Waals surface area contributed by atoms with Gasteiger partial charge in [0.1, 0.15) is 0 Å². The van der Waals surface area contributed by atoms with Crippen LogP contribution >= 0.6 is 19.3 Å². The largest absolute Gasteiger partial charge is 0.298 e. The molecule has 0 spiro atoms. The van der Waals surface area contributed by atoms with Crippen molar-refractivity contribution in [1.82, 2.24) is 50.6 Å². The molecule has 11 nitrogen and oxygen atoms in total. The summed E-state index contributed by atoms with van der Waals surface area (Å²) in [6.45, 7) is 10.6. The van der Waals surface area contributed by atoms with Crippen molar-refractivity contribution < 1.29 is 4.79 Å². The van der Waals surface area contributed by atoms with Gasteiger partial charge in [0.25, 0.3) is 0 Å². The van der Waals surface area contributed by atoms with Crippen LogP contribution in [-0.2, 0) is 0 Å². The summed E-state index contributed by atoms with van der Waals surface area (Å²) in [5, 5.41) is 37.9. The maximum Gasteiger partial charge on any atom is 0.150 e. The summed E-state index contributed by atoms with van der Waals surface area (Å²) < 4.78 is 1.94. The molecule has 0 unspecified atom stereocenters. The van der Waals surface area contributed by atoms with E-state index in [1.807, 2.05) is 91.5 Å². The Morgan fingerprint density at radius 1 is 0.544 bits per heavy atom. The summed E-state index contributed by atoms with van der Waals surface area (Å²) in [6.07, 6.45) is 6.28. The zero-order chi connectivity index (χ0) is 47.2. The number of carbonyl (C=O) groups excluding carboxylic acids is 1. The number of aldehydes is 1. The number of aromatic amines is 4. The van der Waals surface area contributed by atoms with Gasteiger partial charge in [-0.15, -0.1) is 11.3 Å². The lowest BCUT2D eigenvalue weighted by Crippen LogP contribution is -2.15. The van der Waals surface area contributed by atoms with E-state index in [1.165, 1.54) is 37.7 Å². The number of thiophene rings is 1. The highest BCUT2D eigenvalue weighted by molar-refractivity contribution is 7.72. The SMILES string of the molecule is Cc1cc(-c2ccccc2P(C)c2ccccc2-c2cc(C)[nH]n2)n[nH]1.Cc1ccccc1-c1ccn[nH]1.Cc1sccc1-n1ccc(-c2ccccc2)n1.O=Cc1ccccc1-c1ccn[nH]1. The summed E-state index contributed by atoms with van der Waals surface area (Å²) in [4.78, 5) is 12.0. The number of carbonyl (C=O) groups is 1. The molecule has 11 aromatic rings. The average Bonchev–Trinajstić information content (AvgIpc) is 4.25. The van der Waals surface area contributed by atoms with Crippen LogP contribution in [0.3, 0.4) is 0 Å². The van der Waals surface area contributed by atoms with Crippen molar-refractivity contribution in [1.29, 1.82) is 0 Å². The zero-order valence-corrected chi connectivity index (χ0v) is 40.1. The molecule has 0 saturated carbocycles. The van der Waals surface area contributed by atoms with Crippen molar-refractivity contribution in [2.75, 3.05) is 6.66 Å². The number of benzene rings is 5. The molecule has 11 rings (SSSR count). The fourth-order valence-electron chi connectivity index (χ4n) is 7.58. The third kappa shape index (κ3) is 11.3. The summed E-state index contributed by atoms with van der Waals surface area (Å²) in [6, 6.07) is 55.2. The number of aryl methyl sites for hydroxylation is 4. The van der Waals surface area contributed by atoms with Gasteiger partial charge in [0, 0.05) is 68.2 Å².